The summed E-state index contributed by atoms with van der Waals surface area (Å²) in [6.07, 6.45) is 0.923. The largest absolute Gasteiger partial charge is 0.494 e. The molecule has 0 aliphatic carbocycles. The summed E-state index contributed by atoms with van der Waals surface area (Å²) in [6, 6.07) is 23.9. The Morgan fingerprint density at radius 2 is 1.57 bits per heavy atom. The molecule has 0 aliphatic rings. The zero-order chi connectivity index (χ0) is 21.3. The van der Waals surface area contributed by atoms with Crippen LogP contribution in [0.3, 0.4) is 0 Å². The lowest BCUT2D eigenvalue weighted by Crippen LogP contribution is -2.30. The van der Waals surface area contributed by atoms with Crippen LogP contribution in [0.2, 0.25) is 0 Å². The number of hydrogen-bond acceptors (Lipinski definition) is 3. The molecule has 0 atom stereocenters. The van der Waals surface area contributed by atoms with Gasteiger partial charge in [-0.25, -0.2) is 0 Å². The van der Waals surface area contributed by atoms with E-state index in [9.17, 15) is 9.59 Å². The van der Waals surface area contributed by atoms with Gasteiger partial charge in [0.05, 0.1) is 17.9 Å². The van der Waals surface area contributed by atoms with Gasteiger partial charge in [-0.05, 0) is 48.4 Å². The highest BCUT2D eigenvalue weighted by molar-refractivity contribution is 6.10. The van der Waals surface area contributed by atoms with Gasteiger partial charge in [0, 0.05) is 19.2 Å². The smallest absolute Gasteiger partial charge is 0.258 e. The number of para-hydroxylation sites is 1. The maximum absolute atomic E-state index is 13.0. The monoisotopic (exact) mass is 402 g/mol. The van der Waals surface area contributed by atoms with Crippen molar-refractivity contribution in [1.29, 1.82) is 0 Å². The van der Waals surface area contributed by atoms with Crippen molar-refractivity contribution in [1.82, 2.24) is 5.32 Å². The van der Waals surface area contributed by atoms with E-state index < -0.39 is 0 Å². The van der Waals surface area contributed by atoms with Crippen molar-refractivity contribution in [2.75, 3.05) is 18.6 Å². The fourth-order valence-corrected chi connectivity index (χ4v) is 3.05. The van der Waals surface area contributed by atoms with Crippen LogP contribution in [0.4, 0.5) is 5.69 Å². The van der Waals surface area contributed by atoms with Gasteiger partial charge in [0.15, 0.2) is 0 Å². The minimum absolute atomic E-state index is 0.194. The van der Waals surface area contributed by atoms with Crippen LogP contribution in [0, 0.1) is 0 Å². The SMILES string of the molecule is CCCOc1ccc(C(=O)N(C)c2ccccc2C(=O)NCc2ccccc2)cc1. The zero-order valence-corrected chi connectivity index (χ0v) is 17.3. The number of nitrogens with zero attached hydrogens (tertiary/aromatic N) is 1. The summed E-state index contributed by atoms with van der Waals surface area (Å²) in [4.78, 5) is 27.3. The maximum atomic E-state index is 13.0. The van der Waals surface area contributed by atoms with Crippen molar-refractivity contribution in [3.63, 3.8) is 0 Å². The Morgan fingerprint density at radius 1 is 0.900 bits per heavy atom. The standard InChI is InChI=1S/C25H26N2O3/c1-3-17-30-21-15-13-20(14-16-21)25(29)27(2)23-12-8-7-11-22(23)24(28)26-18-19-9-5-4-6-10-19/h4-16H,3,17-18H2,1-2H3,(H,26,28). The summed E-state index contributed by atoms with van der Waals surface area (Å²) >= 11 is 0. The number of ether oxygens (including phenoxy) is 1. The predicted molar refractivity (Wildman–Crippen MR) is 119 cm³/mol. The van der Waals surface area contributed by atoms with E-state index in [4.69, 9.17) is 4.74 Å². The lowest BCUT2D eigenvalue weighted by molar-refractivity contribution is 0.0951. The molecule has 0 radical (unpaired) electrons. The summed E-state index contributed by atoms with van der Waals surface area (Å²) in [5.74, 6) is 0.314. The third-order valence-electron chi connectivity index (χ3n) is 4.68. The minimum atomic E-state index is -0.225. The molecule has 0 fully saturated rings. The molecule has 3 aromatic rings. The first-order valence-corrected chi connectivity index (χ1v) is 10.0. The van der Waals surface area contributed by atoms with E-state index in [1.807, 2.05) is 43.3 Å². The number of anilines is 1. The molecule has 0 bridgehead atoms. The number of nitrogens with one attached hydrogen (secondary N) is 1. The Morgan fingerprint density at radius 3 is 2.27 bits per heavy atom. The van der Waals surface area contributed by atoms with E-state index in [0.717, 1.165) is 17.7 Å². The first-order valence-electron chi connectivity index (χ1n) is 10.0. The van der Waals surface area contributed by atoms with Gasteiger partial charge in [0.2, 0.25) is 0 Å². The first-order chi connectivity index (χ1) is 14.6. The molecule has 0 saturated carbocycles. The van der Waals surface area contributed by atoms with E-state index in [0.29, 0.717) is 30.0 Å². The normalized spacial score (nSPS) is 10.3. The molecular weight excluding hydrogens is 376 g/mol. The van der Waals surface area contributed by atoms with Crippen LogP contribution in [0.5, 0.6) is 5.75 Å². The number of hydrogen-bond donors (Lipinski definition) is 1. The average molecular weight is 402 g/mol. The first kappa shape index (κ1) is 21.1. The van der Waals surface area contributed by atoms with Crippen LogP contribution in [0.1, 0.15) is 39.6 Å². The highest BCUT2D eigenvalue weighted by Gasteiger charge is 2.19. The van der Waals surface area contributed by atoms with Crippen LogP contribution in [-0.2, 0) is 6.54 Å². The topological polar surface area (TPSA) is 58.6 Å². The van der Waals surface area contributed by atoms with Gasteiger partial charge in [-0.3, -0.25) is 9.59 Å². The fourth-order valence-electron chi connectivity index (χ4n) is 3.05. The summed E-state index contributed by atoms with van der Waals surface area (Å²) in [5.41, 5.74) is 2.55. The number of benzene rings is 3. The molecule has 3 rings (SSSR count). The zero-order valence-electron chi connectivity index (χ0n) is 17.3. The van der Waals surface area contributed by atoms with Gasteiger partial charge in [-0.1, -0.05) is 49.4 Å². The molecule has 0 saturated heterocycles. The van der Waals surface area contributed by atoms with E-state index in [-0.39, 0.29) is 11.8 Å². The molecule has 0 heterocycles. The third kappa shape index (κ3) is 5.26. The molecule has 30 heavy (non-hydrogen) atoms. The Bertz CT molecular complexity index is 985. The molecule has 0 unspecified atom stereocenters. The van der Waals surface area contributed by atoms with E-state index in [1.165, 1.54) is 4.90 Å². The third-order valence-corrected chi connectivity index (χ3v) is 4.68. The summed E-state index contributed by atoms with van der Waals surface area (Å²) in [5, 5.41) is 2.92. The molecule has 0 aliphatic heterocycles. The Kier molecular flexibility index (Phi) is 7.22. The maximum Gasteiger partial charge on any atom is 0.258 e. The van der Waals surface area contributed by atoms with Crippen molar-refractivity contribution < 1.29 is 14.3 Å². The molecule has 5 heteroatoms. The molecule has 154 valence electrons. The van der Waals surface area contributed by atoms with Gasteiger partial charge in [-0.15, -0.1) is 0 Å². The lowest BCUT2D eigenvalue weighted by Gasteiger charge is -2.20. The van der Waals surface area contributed by atoms with Crippen LogP contribution in [-0.4, -0.2) is 25.5 Å². The molecule has 0 aromatic heterocycles. The van der Waals surface area contributed by atoms with Crippen molar-refractivity contribution >= 4 is 17.5 Å². The number of carbonyl (C=O) groups is 2. The average Bonchev–Trinajstić information content (AvgIpc) is 2.81. The molecule has 1 N–H and O–H groups in total. The Hall–Kier alpha value is -3.60. The van der Waals surface area contributed by atoms with Gasteiger partial charge >= 0.3 is 0 Å². The number of carbonyl (C=O) groups excluding carboxylic acids is 2. The highest BCUT2D eigenvalue weighted by Crippen LogP contribution is 2.22. The number of rotatable bonds is 8. The fraction of sp³-hybridized carbons (Fsp3) is 0.200. The van der Waals surface area contributed by atoms with Crippen LogP contribution < -0.4 is 15.0 Å². The van der Waals surface area contributed by atoms with Crippen LogP contribution in [0.15, 0.2) is 78.9 Å². The summed E-state index contributed by atoms with van der Waals surface area (Å²) in [7, 11) is 1.67. The highest BCUT2D eigenvalue weighted by atomic mass is 16.5. The molecule has 3 aromatic carbocycles. The second-order valence-corrected chi connectivity index (χ2v) is 6.92. The lowest BCUT2D eigenvalue weighted by atomic mass is 10.1. The minimum Gasteiger partial charge on any atom is -0.494 e. The molecule has 5 nitrogen and oxygen atoms in total. The van der Waals surface area contributed by atoms with Gasteiger partial charge in [0.1, 0.15) is 5.75 Å². The van der Waals surface area contributed by atoms with Crippen molar-refractivity contribution in [3.8, 4) is 5.75 Å². The summed E-state index contributed by atoms with van der Waals surface area (Å²) < 4.78 is 5.57. The molecule has 2 amide bonds. The van der Waals surface area contributed by atoms with Crippen LogP contribution in [0.25, 0.3) is 0 Å². The number of amides is 2. The van der Waals surface area contributed by atoms with Gasteiger partial charge in [0.25, 0.3) is 11.8 Å². The van der Waals surface area contributed by atoms with Crippen molar-refractivity contribution in [2.45, 2.75) is 19.9 Å². The molecular formula is C25H26N2O3. The van der Waals surface area contributed by atoms with Gasteiger partial charge in [-0.2, -0.15) is 0 Å². The van der Waals surface area contributed by atoms with E-state index >= 15 is 0 Å². The van der Waals surface area contributed by atoms with Crippen molar-refractivity contribution in [2.24, 2.45) is 0 Å². The second kappa shape index (κ2) is 10.3. The Balaban J connectivity index is 1.73. The van der Waals surface area contributed by atoms with Gasteiger partial charge < -0.3 is 15.0 Å². The predicted octanol–water partition coefficient (Wildman–Crippen LogP) is 4.68. The second-order valence-electron chi connectivity index (χ2n) is 6.92. The molecule has 0 spiro atoms. The van der Waals surface area contributed by atoms with E-state index in [1.54, 1.807) is 49.5 Å². The van der Waals surface area contributed by atoms with E-state index in [2.05, 4.69) is 5.32 Å². The quantitative estimate of drug-likeness (QED) is 0.595. The van der Waals surface area contributed by atoms with Crippen LogP contribution >= 0.6 is 0 Å². The summed E-state index contributed by atoms with van der Waals surface area (Å²) in [6.45, 7) is 3.10. The Labute approximate surface area is 177 Å². The van der Waals surface area contributed by atoms with Crippen molar-refractivity contribution in [3.05, 3.63) is 95.6 Å².